The maximum Gasteiger partial charge on any atom is 0.331 e. The summed E-state index contributed by atoms with van der Waals surface area (Å²) >= 11 is 0. The molecule has 1 heterocycles. The predicted molar refractivity (Wildman–Crippen MR) is 84.8 cm³/mol. The van der Waals surface area contributed by atoms with E-state index in [1.807, 2.05) is 24.3 Å². The summed E-state index contributed by atoms with van der Waals surface area (Å²) in [5.74, 6) is 0.514. The molecule has 0 N–H and O–H groups in total. The third kappa shape index (κ3) is 3.03. The molecule has 0 spiro atoms. The van der Waals surface area contributed by atoms with Crippen molar-refractivity contribution >= 4 is 5.97 Å². The molecular formula is C19H18O3. The number of esters is 1. The predicted octanol–water partition coefficient (Wildman–Crippen LogP) is 3.77. The summed E-state index contributed by atoms with van der Waals surface area (Å²) in [4.78, 5) is 11.7. The van der Waals surface area contributed by atoms with Gasteiger partial charge in [0, 0.05) is 6.08 Å². The minimum atomic E-state index is -0.306. The standard InChI is InChI=1S/C19H18O3/c1-13-3-5-14(6-4-13)11-16-12-18(20)22-19(16)15-7-9-17(21-2)10-8-15/h3-10,12,19H,11H2,1-2H3. The Bertz CT molecular complexity index is 696. The maximum absolute atomic E-state index is 11.7. The van der Waals surface area contributed by atoms with Crippen molar-refractivity contribution in [2.45, 2.75) is 19.4 Å². The van der Waals surface area contributed by atoms with Crippen molar-refractivity contribution < 1.29 is 14.3 Å². The van der Waals surface area contributed by atoms with Gasteiger partial charge < -0.3 is 9.47 Å². The van der Waals surface area contributed by atoms with Gasteiger partial charge in [-0.3, -0.25) is 0 Å². The molecule has 0 saturated heterocycles. The molecule has 0 fully saturated rings. The van der Waals surface area contributed by atoms with Crippen LogP contribution in [0.15, 0.2) is 60.2 Å². The Morgan fingerprint density at radius 2 is 1.73 bits per heavy atom. The van der Waals surface area contributed by atoms with E-state index in [0.717, 1.165) is 16.9 Å². The number of carbonyl (C=O) groups is 1. The van der Waals surface area contributed by atoms with Gasteiger partial charge in [0.15, 0.2) is 0 Å². The summed E-state index contributed by atoms with van der Waals surface area (Å²) in [6.45, 7) is 2.06. The molecule has 3 rings (SSSR count). The summed E-state index contributed by atoms with van der Waals surface area (Å²) < 4.78 is 10.6. The molecule has 0 aliphatic carbocycles. The first-order valence-electron chi connectivity index (χ1n) is 7.26. The summed E-state index contributed by atoms with van der Waals surface area (Å²) in [6.07, 6.45) is 2.01. The fraction of sp³-hybridized carbons (Fsp3) is 0.211. The van der Waals surface area contributed by atoms with Gasteiger partial charge in [-0.2, -0.15) is 0 Å². The lowest BCUT2D eigenvalue weighted by Crippen LogP contribution is -2.05. The van der Waals surface area contributed by atoms with E-state index in [1.165, 1.54) is 11.1 Å². The Labute approximate surface area is 130 Å². The summed E-state index contributed by atoms with van der Waals surface area (Å²) in [5, 5.41) is 0. The second-order valence-electron chi connectivity index (χ2n) is 5.47. The molecule has 112 valence electrons. The Balaban J connectivity index is 1.82. The van der Waals surface area contributed by atoms with Gasteiger partial charge in [-0.05, 0) is 42.2 Å². The van der Waals surface area contributed by atoms with Crippen molar-refractivity contribution in [1.29, 1.82) is 0 Å². The molecule has 0 amide bonds. The Morgan fingerprint density at radius 1 is 1.05 bits per heavy atom. The van der Waals surface area contributed by atoms with E-state index in [0.29, 0.717) is 6.42 Å². The molecule has 2 aromatic rings. The third-order valence-electron chi connectivity index (χ3n) is 3.82. The van der Waals surface area contributed by atoms with E-state index >= 15 is 0 Å². The highest BCUT2D eigenvalue weighted by Gasteiger charge is 2.27. The van der Waals surface area contributed by atoms with Crippen LogP contribution < -0.4 is 4.74 Å². The molecule has 2 aromatic carbocycles. The van der Waals surface area contributed by atoms with Gasteiger partial charge in [0.2, 0.25) is 0 Å². The van der Waals surface area contributed by atoms with Crippen molar-refractivity contribution in [1.82, 2.24) is 0 Å². The number of methoxy groups -OCH3 is 1. The smallest absolute Gasteiger partial charge is 0.331 e. The highest BCUT2D eigenvalue weighted by molar-refractivity contribution is 5.86. The highest BCUT2D eigenvalue weighted by atomic mass is 16.5. The first kappa shape index (κ1) is 14.4. The van der Waals surface area contributed by atoms with E-state index < -0.39 is 0 Å². The first-order chi connectivity index (χ1) is 10.7. The van der Waals surface area contributed by atoms with E-state index in [2.05, 4.69) is 31.2 Å². The lowest BCUT2D eigenvalue weighted by atomic mass is 9.96. The topological polar surface area (TPSA) is 35.5 Å². The van der Waals surface area contributed by atoms with Crippen molar-refractivity contribution in [3.05, 3.63) is 76.9 Å². The van der Waals surface area contributed by atoms with Gasteiger partial charge in [0.05, 0.1) is 7.11 Å². The SMILES string of the molecule is COc1ccc(C2OC(=O)C=C2Cc2ccc(C)cc2)cc1. The number of hydrogen-bond acceptors (Lipinski definition) is 3. The second-order valence-corrected chi connectivity index (χ2v) is 5.47. The molecule has 3 nitrogen and oxygen atoms in total. The summed E-state index contributed by atoms with van der Waals surface area (Å²) in [7, 11) is 1.63. The minimum Gasteiger partial charge on any atom is -0.497 e. The van der Waals surface area contributed by atoms with Crippen LogP contribution in [0.5, 0.6) is 5.75 Å². The van der Waals surface area contributed by atoms with E-state index in [9.17, 15) is 4.79 Å². The molecule has 22 heavy (non-hydrogen) atoms. The molecule has 1 aliphatic rings. The molecule has 0 aromatic heterocycles. The van der Waals surface area contributed by atoms with Gasteiger partial charge in [0.1, 0.15) is 11.9 Å². The molecule has 1 aliphatic heterocycles. The Morgan fingerprint density at radius 3 is 2.36 bits per heavy atom. The lowest BCUT2D eigenvalue weighted by molar-refractivity contribution is -0.139. The second kappa shape index (κ2) is 6.06. The third-order valence-corrected chi connectivity index (χ3v) is 3.82. The molecular weight excluding hydrogens is 276 g/mol. The summed E-state index contributed by atoms with van der Waals surface area (Å²) in [6, 6.07) is 16.0. The molecule has 0 bridgehead atoms. The molecule has 1 atom stereocenters. The number of hydrogen-bond donors (Lipinski definition) is 0. The van der Waals surface area contributed by atoms with Crippen LogP contribution >= 0.6 is 0 Å². The van der Waals surface area contributed by atoms with E-state index in [-0.39, 0.29) is 12.1 Å². The van der Waals surface area contributed by atoms with Gasteiger partial charge in [0.25, 0.3) is 0 Å². The first-order valence-corrected chi connectivity index (χ1v) is 7.26. The highest BCUT2D eigenvalue weighted by Crippen LogP contribution is 2.34. The number of benzene rings is 2. The van der Waals surface area contributed by atoms with Crippen LogP contribution in [0, 0.1) is 6.92 Å². The van der Waals surface area contributed by atoms with Gasteiger partial charge in [-0.25, -0.2) is 4.79 Å². The average Bonchev–Trinajstić information content (AvgIpc) is 2.90. The number of cyclic esters (lactones) is 1. The normalized spacial score (nSPS) is 17.1. The zero-order valence-corrected chi connectivity index (χ0v) is 12.7. The van der Waals surface area contributed by atoms with Crippen LogP contribution in [0.4, 0.5) is 0 Å². The zero-order valence-electron chi connectivity index (χ0n) is 12.7. The quantitative estimate of drug-likeness (QED) is 0.805. The van der Waals surface area contributed by atoms with Crippen LogP contribution in [0.2, 0.25) is 0 Å². The van der Waals surface area contributed by atoms with Gasteiger partial charge in [-0.1, -0.05) is 42.0 Å². The van der Waals surface area contributed by atoms with Crippen LogP contribution in [0.25, 0.3) is 0 Å². The van der Waals surface area contributed by atoms with E-state index in [1.54, 1.807) is 13.2 Å². The van der Waals surface area contributed by atoms with Crippen LogP contribution in [0.1, 0.15) is 22.8 Å². The Hall–Kier alpha value is -2.55. The number of rotatable bonds is 4. The fourth-order valence-corrected chi connectivity index (χ4v) is 2.60. The average molecular weight is 294 g/mol. The van der Waals surface area contributed by atoms with Gasteiger partial charge in [-0.15, -0.1) is 0 Å². The van der Waals surface area contributed by atoms with Crippen LogP contribution in [-0.2, 0) is 16.0 Å². The maximum atomic E-state index is 11.7. The lowest BCUT2D eigenvalue weighted by Gasteiger charge is -2.15. The van der Waals surface area contributed by atoms with Crippen molar-refractivity contribution in [2.24, 2.45) is 0 Å². The molecule has 0 saturated carbocycles. The molecule has 3 heteroatoms. The number of aryl methyl sites for hydroxylation is 1. The van der Waals surface area contributed by atoms with E-state index in [4.69, 9.17) is 9.47 Å². The summed E-state index contributed by atoms with van der Waals surface area (Å²) in [5.41, 5.74) is 4.35. The zero-order chi connectivity index (χ0) is 15.5. The largest absolute Gasteiger partial charge is 0.497 e. The number of ether oxygens (including phenoxy) is 2. The molecule has 0 radical (unpaired) electrons. The van der Waals surface area contributed by atoms with Crippen LogP contribution in [0.3, 0.4) is 0 Å². The molecule has 1 unspecified atom stereocenters. The van der Waals surface area contributed by atoms with Crippen molar-refractivity contribution in [3.63, 3.8) is 0 Å². The van der Waals surface area contributed by atoms with Crippen molar-refractivity contribution in [3.8, 4) is 5.75 Å². The number of carbonyl (C=O) groups excluding carboxylic acids is 1. The van der Waals surface area contributed by atoms with Crippen molar-refractivity contribution in [2.75, 3.05) is 7.11 Å². The van der Waals surface area contributed by atoms with Gasteiger partial charge >= 0.3 is 5.97 Å². The fourth-order valence-electron chi connectivity index (χ4n) is 2.60. The van der Waals surface area contributed by atoms with Crippen LogP contribution in [-0.4, -0.2) is 13.1 Å². The monoisotopic (exact) mass is 294 g/mol. The Kier molecular flexibility index (Phi) is 3.96. The minimum absolute atomic E-state index is 0.275.